The van der Waals surface area contributed by atoms with E-state index >= 15 is 0 Å². The van der Waals surface area contributed by atoms with Crippen LogP contribution in [-0.2, 0) is 4.74 Å². The van der Waals surface area contributed by atoms with Crippen LogP contribution in [0.3, 0.4) is 0 Å². The highest BCUT2D eigenvalue weighted by Gasteiger charge is 2.32. The van der Waals surface area contributed by atoms with Crippen molar-refractivity contribution in [3.8, 4) is 0 Å². The Hall–Kier alpha value is -0.710. The number of methoxy groups -OCH3 is 1. The molecule has 1 aromatic rings. The van der Waals surface area contributed by atoms with Gasteiger partial charge in [0.15, 0.2) is 0 Å². The molecule has 2 heterocycles. The van der Waals surface area contributed by atoms with E-state index in [0.29, 0.717) is 15.9 Å². The Bertz CT molecular complexity index is 498. The van der Waals surface area contributed by atoms with Crippen molar-refractivity contribution in [1.29, 1.82) is 0 Å². The molecular weight excluding hydrogens is 309 g/mol. The van der Waals surface area contributed by atoms with Crippen LogP contribution in [0.2, 0.25) is 10.0 Å². The molecule has 0 spiro atoms. The number of piperidine rings is 1. The van der Waals surface area contributed by atoms with E-state index in [-0.39, 0.29) is 5.60 Å². The number of aromatic nitrogens is 1. The first kappa shape index (κ1) is 16.7. The van der Waals surface area contributed by atoms with Gasteiger partial charge >= 0.3 is 0 Å². The summed E-state index contributed by atoms with van der Waals surface area (Å²) in [4.78, 5) is 6.81. The molecule has 1 N–H and O–H groups in total. The number of hydrogen-bond donors (Lipinski definition) is 1. The largest absolute Gasteiger partial charge is 0.377 e. The molecule has 1 unspecified atom stereocenters. The van der Waals surface area contributed by atoms with Gasteiger partial charge < -0.3 is 15.0 Å². The normalized spacial score (nSPS) is 22.4. The van der Waals surface area contributed by atoms with E-state index in [1.807, 2.05) is 0 Å². The summed E-state index contributed by atoms with van der Waals surface area (Å²) in [7, 11) is 1.76. The lowest BCUT2D eigenvalue weighted by atomic mass is 9.95. The van der Waals surface area contributed by atoms with E-state index in [2.05, 4.69) is 29.0 Å². The standard InChI is InChI=1S/C15H23Cl2N3O/c1-4-7-18-13-11(16)9-12(17)14(19-13)20-8-5-6-15(2,10-20)21-3/h9H,4-8,10H2,1-3H3,(H,18,19). The van der Waals surface area contributed by atoms with E-state index in [9.17, 15) is 0 Å². The summed E-state index contributed by atoms with van der Waals surface area (Å²) in [5.74, 6) is 1.48. The molecule has 0 aromatic carbocycles. The van der Waals surface area contributed by atoms with Crippen molar-refractivity contribution in [2.45, 2.75) is 38.7 Å². The second kappa shape index (κ2) is 7.03. The van der Waals surface area contributed by atoms with Gasteiger partial charge in [-0.1, -0.05) is 30.1 Å². The molecule has 0 aliphatic carbocycles. The van der Waals surface area contributed by atoms with Gasteiger partial charge in [-0.15, -0.1) is 0 Å². The van der Waals surface area contributed by atoms with Crippen LogP contribution in [0.25, 0.3) is 0 Å². The van der Waals surface area contributed by atoms with E-state index in [1.54, 1.807) is 13.2 Å². The third-order valence-corrected chi connectivity index (χ3v) is 4.47. The minimum Gasteiger partial charge on any atom is -0.377 e. The lowest BCUT2D eigenvalue weighted by Crippen LogP contribution is -2.47. The van der Waals surface area contributed by atoms with Gasteiger partial charge in [0.25, 0.3) is 0 Å². The molecule has 21 heavy (non-hydrogen) atoms. The molecule has 1 saturated heterocycles. The van der Waals surface area contributed by atoms with Crippen LogP contribution in [0, 0.1) is 0 Å². The SMILES string of the molecule is CCCNc1nc(N2CCCC(C)(OC)C2)c(Cl)cc1Cl. The lowest BCUT2D eigenvalue weighted by Gasteiger charge is -2.40. The van der Waals surface area contributed by atoms with E-state index in [0.717, 1.165) is 44.7 Å². The Morgan fingerprint density at radius 2 is 2.19 bits per heavy atom. The summed E-state index contributed by atoms with van der Waals surface area (Å²) in [6.45, 7) is 6.78. The van der Waals surface area contributed by atoms with Crippen molar-refractivity contribution in [3.63, 3.8) is 0 Å². The fourth-order valence-corrected chi connectivity index (χ4v) is 3.14. The molecule has 2 rings (SSSR count). The maximum Gasteiger partial charge on any atom is 0.150 e. The number of anilines is 2. The van der Waals surface area contributed by atoms with Gasteiger partial charge in [-0.2, -0.15) is 0 Å². The fraction of sp³-hybridized carbons (Fsp3) is 0.667. The summed E-state index contributed by atoms with van der Waals surface area (Å²) in [5, 5.41) is 4.39. The van der Waals surface area contributed by atoms with Crippen molar-refractivity contribution in [3.05, 3.63) is 16.1 Å². The molecule has 0 saturated carbocycles. The van der Waals surface area contributed by atoms with Crippen molar-refractivity contribution in [1.82, 2.24) is 4.98 Å². The topological polar surface area (TPSA) is 37.4 Å². The highest BCUT2D eigenvalue weighted by molar-refractivity contribution is 6.37. The Morgan fingerprint density at radius 1 is 1.43 bits per heavy atom. The number of ether oxygens (including phenoxy) is 1. The predicted molar refractivity (Wildman–Crippen MR) is 89.9 cm³/mol. The first-order chi connectivity index (χ1) is 9.99. The molecule has 1 atom stereocenters. The minimum absolute atomic E-state index is 0.153. The number of pyridine rings is 1. The minimum atomic E-state index is -0.153. The molecule has 6 heteroatoms. The van der Waals surface area contributed by atoms with Crippen LogP contribution in [0.1, 0.15) is 33.1 Å². The van der Waals surface area contributed by atoms with E-state index in [1.165, 1.54) is 0 Å². The van der Waals surface area contributed by atoms with Crippen molar-refractivity contribution < 1.29 is 4.74 Å². The number of halogens is 2. The first-order valence-corrected chi connectivity index (χ1v) is 8.14. The van der Waals surface area contributed by atoms with Crippen LogP contribution in [-0.4, -0.2) is 37.3 Å². The van der Waals surface area contributed by atoms with Crippen molar-refractivity contribution >= 4 is 34.8 Å². The first-order valence-electron chi connectivity index (χ1n) is 7.39. The molecular formula is C15H23Cl2N3O. The molecule has 1 fully saturated rings. The van der Waals surface area contributed by atoms with Gasteiger partial charge in [0, 0.05) is 26.7 Å². The number of nitrogens with zero attached hydrogens (tertiary/aromatic N) is 2. The van der Waals surface area contributed by atoms with Crippen molar-refractivity contribution in [2.24, 2.45) is 0 Å². The zero-order chi connectivity index (χ0) is 15.5. The Kier molecular flexibility index (Phi) is 5.58. The number of nitrogens with one attached hydrogen (secondary N) is 1. The summed E-state index contributed by atoms with van der Waals surface area (Å²) < 4.78 is 5.63. The van der Waals surface area contributed by atoms with Crippen molar-refractivity contribution in [2.75, 3.05) is 37.0 Å². The second-order valence-electron chi connectivity index (χ2n) is 5.73. The third kappa shape index (κ3) is 3.93. The molecule has 1 aromatic heterocycles. The highest BCUT2D eigenvalue weighted by atomic mass is 35.5. The molecule has 1 aliphatic rings. The number of rotatable bonds is 5. The number of hydrogen-bond acceptors (Lipinski definition) is 4. The molecule has 0 radical (unpaired) electrons. The zero-order valence-electron chi connectivity index (χ0n) is 12.9. The molecule has 118 valence electrons. The van der Waals surface area contributed by atoms with Gasteiger partial charge in [-0.05, 0) is 32.3 Å². The quantitative estimate of drug-likeness (QED) is 0.876. The highest BCUT2D eigenvalue weighted by Crippen LogP contribution is 2.35. The average molecular weight is 332 g/mol. The van der Waals surface area contributed by atoms with Gasteiger partial charge in [-0.3, -0.25) is 0 Å². The third-order valence-electron chi connectivity index (χ3n) is 3.90. The second-order valence-corrected chi connectivity index (χ2v) is 6.54. The summed E-state index contributed by atoms with van der Waals surface area (Å²) in [6.07, 6.45) is 3.12. The van der Waals surface area contributed by atoms with Gasteiger partial charge in [0.05, 0.1) is 15.6 Å². The summed E-state index contributed by atoms with van der Waals surface area (Å²) >= 11 is 12.6. The molecule has 1 aliphatic heterocycles. The van der Waals surface area contributed by atoms with Gasteiger partial charge in [0.1, 0.15) is 11.6 Å². The smallest absolute Gasteiger partial charge is 0.150 e. The van der Waals surface area contributed by atoms with E-state index in [4.69, 9.17) is 27.9 Å². The Labute approximate surface area is 136 Å². The zero-order valence-corrected chi connectivity index (χ0v) is 14.4. The Balaban J connectivity index is 2.25. The lowest BCUT2D eigenvalue weighted by molar-refractivity contribution is -0.00480. The van der Waals surface area contributed by atoms with Crippen LogP contribution in [0.4, 0.5) is 11.6 Å². The molecule has 0 bridgehead atoms. The maximum atomic E-state index is 6.35. The average Bonchev–Trinajstić information content (AvgIpc) is 2.46. The molecule has 0 amide bonds. The Morgan fingerprint density at radius 3 is 2.86 bits per heavy atom. The van der Waals surface area contributed by atoms with Crippen LogP contribution >= 0.6 is 23.2 Å². The van der Waals surface area contributed by atoms with Crippen LogP contribution in [0.5, 0.6) is 0 Å². The van der Waals surface area contributed by atoms with Gasteiger partial charge in [0.2, 0.25) is 0 Å². The monoisotopic (exact) mass is 331 g/mol. The van der Waals surface area contributed by atoms with E-state index < -0.39 is 0 Å². The fourth-order valence-electron chi connectivity index (χ4n) is 2.60. The van der Waals surface area contributed by atoms with Gasteiger partial charge in [-0.25, -0.2) is 4.98 Å². The predicted octanol–water partition coefficient (Wildman–Crippen LogP) is 4.22. The summed E-state index contributed by atoms with van der Waals surface area (Å²) in [6, 6.07) is 1.77. The van der Waals surface area contributed by atoms with Crippen LogP contribution in [0.15, 0.2) is 6.07 Å². The van der Waals surface area contributed by atoms with Crippen LogP contribution < -0.4 is 10.2 Å². The maximum absolute atomic E-state index is 6.35. The summed E-state index contributed by atoms with van der Waals surface area (Å²) in [5.41, 5.74) is -0.153. The molecule has 4 nitrogen and oxygen atoms in total.